The van der Waals surface area contributed by atoms with Crippen molar-refractivity contribution in [2.45, 2.75) is 32.1 Å². The second-order valence-electron chi connectivity index (χ2n) is 5.81. The SMILES string of the molecule is Cl.O=C(NCC1CNC1)c1cc2c([nH]c1=O)CCCCC2. The predicted octanol–water partition coefficient (Wildman–Crippen LogP) is 1.01. The molecule has 3 N–H and O–H groups in total. The highest BCUT2D eigenvalue weighted by molar-refractivity contribution is 5.94. The Kier molecular flexibility index (Phi) is 5.42. The third kappa shape index (κ3) is 3.66. The fourth-order valence-electron chi connectivity index (χ4n) is 2.85. The number of aryl methyl sites for hydroxylation is 2. The van der Waals surface area contributed by atoms with E-state index in [9.17, 15) is 9.59 Å². The van der Waals surface area contributed by atoms with Gasteiger partial charge in [-0.25, -0.2) is 0 Å². The number of aromatic amines is 1. The van der Waals surface area contributed by atoms with Gasteiger partial charge < -0.3 is 15.6 Å². The molecular formula is C15H22ClN3O2. The van der Waals surface area contributed by atoms with Crippen molar-refractivity contribution >= 4 is 18.3 Å². The molecule has 2 heterocycles. The zero-order chi connectivity index (χ0) is 13.9. The van der Waals surface area contributed by atoms with Crippen LogP contribution in [-0.2, 0) is 12.8 Å². The normalized spacial score (nSPS) is 17.9. The second-order valence-corrected chi connectivity index (χ2v) is 5.81. The van der Waals surface area contributed by atoms with Gasteiger partial charge in [0, 0.05) is 31.2 Å². The quantitative estimate of drug-likeness (QED) is 0.730. The van der Waals surface area contributed by atoms with E-state index < -0.39 is 0 Å². The molecule has 0 aromatic carbocycles. The minimum absolute atomic E-state index is 0. The average Bonchev–Trinajstić information content (AvgIpc) is 2.60. The van der Waals surface area contributed by atoms with E-state index in [2.05, 4.69) is 15.6 Å². The molecule has 1 fully saturated rings. The maximum atomic E-state index is 12.1. The summed E-state index contributed by atoms with van der Waals surface area (Å²) in [5, 5.41) is 6.03. The fraction of sp³-hybridized carbons (Fsp3) is 0.600. The highest BCUT2D eigenvalue weighted by atomic mass is 35.5. The highest BCUT2D eigenvalue weighted by Crippen LogP contribution is 2.18. The van der Waals surface area contributed by atoms with Gasteiger partial charge in [-0.05, 0) is 37.3 Å². The van der Waals surface area contributed by atoms with Gasteiger partial charge in [0.25, 0.3) is 11.5 Å². The first-order valence-electron chi connectivity index (χ1n) is 7.48. The van der Waals surface area contributed by atoms with Crippen molar-refractivity contribution in [3.63, 3.8) is 0 Å². The molecule has 0 spiro atoms. The zero-order valence-corrected chi connectivity index (χ0v) is 12.9. The van der Waals surface area contributed by atoms with Gasteiger partial charge in [0.15, 0.2) is 0 Å². The van der Waals surface area contributed by atoms with Gasteiger partial charge in [0.05, 0.1) is 0 Å². The molecule has 3 rings (SSSR count). The molecule has 0 radical (unpaired) electrons. The second kappa shape index (κ2) is 7.09. The average molecular weight is 312 g/mol. The molecule has 0 saturated carbocycles. The first-order chi connectivity index (χ1) is 9.74. The van der Waals surface area contributed by atoms with E-state index in [0.717, 1.165) is 50.0 Å². The molecule has 5 nitrogen and oxygen atoms in total. The van der Waals surface area contributed by atoms with Crippen LogP contribution in [0.25, 0.3) is 0 Å². The lowest BCUT2D eigenvalue weighted by molar-refractivity contribution is 0.0940. The van der Waals surface area contributed by atoms with Gasteiger partial charge in [-0.1, -0.05) is 6.42 Å². The van der Waals surface area contributed by atoms with Gasteiger partial charge in [-0.15, -0.1) is 12.4 Å². The monoisotopic (exact) mass is 311 g/mol. The van der Waals surface area contributed by atoms with Crippen molar-refractivity contribution in [3.8, 4) is 0 Å². The number of rotatable bonds is 3. The van der Waals surface area contributed by atoms with Gasteiger partial charge in [0.2, 0.25) is 0 Å². The third-order valence-corrected chi connectivity index (χ3v) is 4.25. The predicted molar refractivity (Wildman–Crippen MR) is 84.3 cm³/mol. The summed E-state index contributed by atoms with van der Waals surface area (Å²) < 4.78 is 0. The minimum Gasteiger partial charge on any atom is -0.351 e. The van der Waals surface area contributed by atoms with E-state index in [-0.39, 0.29) is 29.4 Å². The van der Waals surface area contributed by atoms with Crippen LogP contribution in [0.2, 0.25) is 0 Å². The molecule has 21 heavy (non-hydrogen) atoms. The standard InChI is InChI=1S/C15H21N3O2.ClH/c19-14(17-9-10-7-16-8-10)12-6-11-4-2-1-3-5-13(11)18-15(12)20;/h6,10,16H,1-5,7-9H2,(H,17,19)(H,18,20);1H. The number of hydrogen-bond acceptors (Lipinski definition) is 3. The molecule has 1 aromatic heterocycles. The number of pyridine rings is 1. The van der Waals surface area contributed by atoms with E-state index in [1.807, 2.05) is 0 Å². The van der Waals surface area contributed by atoms with Crippen LogP contribution >= 0.6 is 12.4 Å². The van der Waals surface area contributed by atoms with E-state index in [4.69, 9.17) is 0 Å². The number of hydrogen-bond donors (Lipinski definition) is 3. The Bertz CT molecular complexity index is 567. The fourth-order valence-corrected chi connectivity index (χ4v) is 2.85. The number of aromatic nitrogens is 1. The lowest BCUT2D eigenvalue weighted by atomic mass is 10.0. The molecule has 2 aliphatic rings. The summed E-state index contributed by atoms with van der Waals surface area (Å²) in [7, 11) is 0. The molecule has 1 aliphatic heterocycles. The van der Waals surface area contributed by atoms with E-state index in [0.29, 0.717) is 12.5 Å². The number of fused-ring (bicyclic) bond motifs is 1. The number of H-pyrrole nitrogens is 1. The van der Waals surface area contributed by atoms with Gasteiger partial charge in [0.1, 0.15) is 5.56 Å². The molecule has 1 aliphatic carbocycles. The van der Waals surface area contributed by atoms with E-state index in [1.54, 1.807) is 6.07 Å². The van der Waals surface area contributed by atoms with Crippen LogP contribution < -0.4 is 16.2 Å². The first kappa shape index (κ1) is 16.0. The Hall–Kier alpha value is -1.33. The Morgan fingerprint density at radius 3 is 2.71 bits per heavy atom. The van der Waals surface area contributed by atoms with Crippen molar-refractivity contribution in [2.24, 2.45) is 5.92 Å². The van der Waals surface area contributed by atoms with Crippen LogP contribution in [0.4, 0.5) is 0 Å². The Morgan fingerprint density at radius 1 is 1.24 bits per heavy atom. The highest BCUT2D eigenvalue weighted by Gasteiger charge is 2.20. The molecule has 1 aromatic rings. The summed E-state index contributed by atoms with van der Waals surface area (Å²) in [5.41, 5.74) is 2.16. The summed E-state index contributed by atoms with van der Waals surface area (Å²) in [5.74, 6) is 0.254. The lowest BCUT2D eigenvalue weighted by Crippen LogP contribution is -2.48. The number of carbonyl (C=O) groups is 1. The largest absolute Gasteiger partial charge is 0.351 e. The maximum Gasteiger partial charge on any atom is 0.261 e. The minimum atomic E-state index is -0.255. The molecule has 1 amide bonds. The molecule has 0 bridgehead atoms. The van der Waals surface area contributed by atoms with Crippen LogP contribution in [-0.4, -0.2) is 30.5 Å². The summed E-state index contributed by atoms with van der Waals surface area (Å²) >= 11 is 0. The third-order valence-electron chi connectivity index (χ3n) is 4.25. The van der Waals surface area contributed by atoms with Crippen molar-refractivity contribution in [1.82, 2.24) is 15.6 Å². The van der Waals surface area contributed by atoms with Crippen molar-refractivity contribution in [1.29, 1.82) is 0 Å². The Labute approximate surface area is 130 Å². The van der Waals surface area contributed by atoms with Crippen LogP contribution in [0, 0.1) is 5.92 Å². The van der Waals surface area contributed by atoms with Crippen molar-refractivity contribution in [3.05, 3.63) is 33.2 Å². The number of carbonyl (C=O) groups excluding carboxylic acids is 1. The van der Waals surface area contributed by atoms with Gasteiger partial charge in [-0.2, -0.15) is 0 Å². The molecule has 1 saturated heterocycles. The topological polar surface area (TPSA) is 74.0 Å². The van der Waals surface area contributed by atoms with Crippen LogP contribution in [0.5, 0.6) is 0 Å². The summed E-state index contributed by atoms with van der Waals surface area (Å²) in [6, 6.07) is 1.80. The van der Waals surface area contributed by atoms with Crippen LogP contribution in [0.1, 0.15) is 40.9 Å². The van der Waals surface area contributed by atoms with Crippen LogP contribution in [0.15, 0.2) is 10.9 Å². The summed E-state index contributed by atoms with van der Waals surface area (Å²) in [6.07, 6.45) is 5.31. The smallest absolute Gasteiger partial charge is 0.261 e. The molecule has 0 atom stereocenters. The Balaban J connectivity index is 0.00000161. The van der Waals surface area contributed by atoms with Crippen molar-refractivity contribution < 1.29 is 4.79 Å². The number of nitrogens with one attached hydrogen (secondary N) is 3. The van der Waals surface area contributed by atoms with E-state index in [1.165, 1.54) is 6.42 Å². The molecule has 6 heteroatoms. The first-order valence-corrected chi connectivity index (χ1v) is 7.48. The lowest BCUT2D eigenvalue weighted by Gasteiger charge is -2.27. The van der Waals surface area contributed by atoms with Crippen LogP contribution in [0.3, 0.4) is 0 Å². The summed E-state index contributed by atoms with van der Waals surface area (Å²) in [4.78, 5) is 27.1. The molecule has 116 valence electrons. The summed E-state index contributed by atoms with van der Waals surface area (Å²) in [6.45, 7) is 2.53. The molecule has 0 unspecified atom stereocenters. The maximum absolute atomic E-state index is 12.1. The Morgan fingerprint density at radius 2 is 2.00 bits per heavy atom. The number of halogens is 1. The number of amides is 1. The molecular weight excluding hydrogens is 290 g/mol. The zero-order valence-electron chi connectivity index (χ0n) is 12.0. The van der Waals surface area contributed by atoms with Crippen molar-refractivity contribution in [2.75, 3.05) is 19.6 Å². The van der Waals surface area contributed by atoms with E-state index >= 15 is 0 Å². The van der Waals surface area contributed by atoms with Gasteiger partial charge >= 0.3 is 0 Å². The van der Waals surface area contributed by atoms with Gasteiger partial charge in [-0.3, -0.25) is 9.59 Å².